The van der Waals surface area contributed by atoms with Crippen molar-refractivity contribution in [2.75, 3.05) is 33.4 Å². The number of carbonyl (C=O) groups excluding carboxylic acids is 1. The highest BCUT2D eigenvalue weighted by molar-refractivity contribution is 5.85. The molecule has 174 valence electrons. The number of benzene rings is 1. The summed E-state index contributed by atoms with van der Waals surface area (Å²) in [5.41, 5.74) is 3.07. The molecule has 2 aromatic rings. The molecule has 0 bridgehead atoms. The van der Waals surface area contributed by atoms with Crippen molar-refractivity contribution in [2.45, 2.75) is 57.8 Å². The van der Waals surface area contributed by atoms with Crippen LogP contribution in [0.15, 0.2) is 18.2 Å². The number of methoxy groups -OCH3 is 1. The Bertz CT molecular complexity index is 986. The SMILES string of the molecule is COCCCn1nc(C)c2ccc([C@@H](C)N(C(=O)[C@H]3CN(C(=O)O)CCO3)C3CC3)cc21. The molecular weight excluding hydrogens is 412 g/mol. The topological polar surface area (TPSA) is 97.1 Å². The first kappa shape index (κ1) is 22.5. The summed E-state index contributed by atoms with van der Waals surface area (Å²) in [6.07, 6.45) is 1.02. The predicted octanol–water partition coefficient (Wildman–Crippen LogP) is 2.81. The Morgan fingerprint density at radius 3 is 2.84 bits per heavy atom. The number of nitrogens with zero attached hydrogens (tertiary/aromatic N) is 4. The van der Waals surface area contributed by atoms with E-state index < -0.39 is 12.2 Å². The Morgan fingerprint density at radius 2 is 2.16 bits per heavy atom. The maximum atomic E-state index is 13.4. The van der Waals surface area contributed by atoms with Gasteiger partial charge in [0.15, 0.2) is 6.10 Å². The summed E-state index contributed by atoms with van der Waals surface area (Å²) < 4.78 is 12.9. The number of carboxylic acid groups (broad SMARTS) is 1. The second-order valence-electron chi connectivity index (χ2n) is 8.67. The smallest absolute Gasteiger partial charge is 0.407 e. The minimum atomic E-state index is -1.01. The van der Waals surface area contributed by atoms with Crippen molar-refractivity contribution in [3.63, 3.8) is 0 Å². The molecule has 32 heavy (non-hydrogen) atoms. The first-order valence-electron chi connectivity index (χ1n) is 11.3. The lowest BCUT2D eigenvalue weighted by Crippen LogP contribution is -2.53. The number of ether oxygens (including phenoxy) is 2. The molecule has 2 heterocycles. The molecule has 1 aromatic carbocycles. The van der Waals surface area contributed by atoms with E-state index in [0.29, 0.717) is 13.2 Å². The van der Waals surface area contributed by atoms with Crippen molar-refractivity contribution >= 4 is 22.9 Å². The van der Waals surface area contributed by atoms with Gasteiger partial charge in [0.1, 0.15) is 0 Å². The van der Waals surface area contributed by atoms with E-state index in [2.05, 4.69) is 23.3 Å². The van der Waals surface area contributed by atoms with Gasteiger partial charge in [-0.05, 0) is 44.7 Å². The van der Waals surface area contributed by atoms with Gasteiger partial charge in [-0.25, -0.2) is 4.79 Å². The van der Waals surface area contributed by atoms with Gasteiger partial charge in [0.2, 0.25) is 0 Å². The van der Waals surface area contributed by atoms with Crippen molar-refractivity contribution < 1.29 is 24.2 Å². The van der Waals surface area contributed by atoms with Crippen molar-refractivity contribution in [2.24, 2.45) is 0 Å². The van der Waals surface area contributed by atoms with Crippen LogP contribution in [0.25, 0.3) is 10.9 Å². The molecule has 1 aliphatic carbocycles. The summed E-state index contributed by atoms with van der Waals surface area (Å²) in [5, 5.41) is 15.1. The van der Waals surface area contributed by atoms with Gasteiger partial charge >= 0.3 is 6.09 Å². The molecule has 1 saturated carbocycles. The van der Waals surface area contributed by atoms with Crippen LogP contribution in [0.2, 0.25) is 0 Å². The van der Waals surface area contributed by atoms with Crippen LogP contribution >= 0.6 is 0 Å². The van der Waals surface area contributed by atoms with Crippen LogP contribution in [0.5, 0.6) is 0 Å². The second kappa shape index (κ2) is 9.46. The third-order valence-corrected chi connectivity index (χ3v) is 6.39. The van der Waals surface area contributed by atoms with Crippen molar-refractivity contribution in [1.82, 2.24) is 19.6 Å². The van der Waals surface area contributed by atoms with Crippen LogP contribution in [0, 0.1) is 6.92 Å². The fourth-order valence-corrected chi connectivity index (χ4v) is 4.48. The Kier molecular flexibility index (Phi) is 6.66. The fraction of sp³-hybridized carbons (Fsp3) is 0.609. The van der Waals surface area contributed by atoms with Gasteiger partial charge < -0.3 is 24.4 Å². The molecule has 1 N–H and O–H groups in total. The average molecular weight is 445 g/mol. The molecule has 1 aliphatic heterocycles. The van der Waals surface area contributed by atoms with Crippen LogP contribution in [-0.2, 0) is 20.8 Å². The number of fused-ring (bicyclic) bond motifs is 1. The Hall–Kier alpha value is -2.65. The molecule has 2 fully saturated rings. The van der Waals surface area contributed by atoms with Crippen LogP contribution < -0.4 is 0 Å². The summed E-state index contributed by atoms with van der Waals surface area (Å²) >= 11 is 0. The van der Waals surface area contributed by atoms with E-state index in [1.54, 1.807) is 7.11 Å². The molecule has 2 aliphatic rings. The first-order valence-corrected chi connectivity index (χ1v) is 11.3. The molecule has 9 heteroatoms. The van der Waals surface area contributed by atoms with E-state index in [9.17, 15) is 14.7 Å². The number of amides is 2. The number of aryl methyl sites for hydroxylation is 2. The van der Waals surface area contributed by atoms with E-state index in [-0.39, 0.29) is 31.1 Å². The minimum absolute atomic E-state index is 0.0780. The summed E-state index contributed by atoms with van der Waals surface area (Å²) in [6, 6.07) is 6.29. The van der Waals surface area contributed by atoms with Crippen molar-refractivity contribution in [3.8, 4) is 0 Å². The predicted molar refractivity (Wildman–Crippen MR) is 119 cm³/mol. The number of aromatic nitrogens is 2. The molecule has 9 nitrogen and oxygen atoms in total. The zero-order chi connectivity index (χ0) is 22.8. The molecule has 1 aromatic heterocycles. The van der Waals surface area contributed by atoms with Crippen LogP contribution in [0.1, 0.15) is 43.5 Å². The van der Waals surface area contributed by atoms with Gasteiger partial charge in [-0.1, -0.05) is 12.1 Å². The largest absolute Gasteiger partial charge is 0.465 e. The highest BCUT2D eigenvalue weighted by Gasteiger charge is 2.41. The minimum Gasteiger partial charge on any atom is -0.465 e. The third kappa shape index (κ3) is 4.59. The average Bonchev–Trinajstić information content (AvgIpc) is 3.58. The zero-order valence-corrected chi connectivity index (χ0v) is 19.0. The van der Waals surface area contributed by atoms with E-state index in [1.807, 2.05) is 23.4 Å². The lowest BCUT2D eigenvalue weighted by atomic mass is 10.0. The summed E-state index contributed by atoms with van der Waals surface area (Å²) in [6.45, 7) is 6.09. The zero-order valence-electron chi connectivity index (χ0n) is 19.0. The van der Waals surface area contributed by atoms with Crippen LogP contribution in [0.3, 0.4) is 0 Å². The van der Waals surface area contributed by atoms with Gasteiger partial charge in [0.25, 0.3) is 5.91 Å². The monoisotopic (exact) mass is 444 g/mol. The highest BCUT2D eigenvalue weighted by Crippen LogP contribution is 2.36. The Labute approximate surface area is 187 Å². The standard InChI is InChI=1S/C23H32N4O5/c1-15-19-8-5-17(13-20(19)26(24-15)9-4-11-31-3)16(2)27(18-6-7-18)22(28)21-14-25(23(29)30)10-12-32-21/h5,8,13,16,18,21H,4,6-7,9-12,14H2,1-3H3,(H,29,30)/t16-,21-/m1/s1. The lowest BCUT2D eigenvalue weighted by molar-refractivity contribution is -0.151. The third-order valence-electron chi connectivity index (χ3n) is 6.39. The normalized spacial score (nSPS) is 19.8. The van der Waals surface area contributed by atoms with Gasteiger partial charge in [-0.3, -0.25) is 9.48 Å². The summed E-state index contributed by atoms with van der Waals surface area (Å²) in [7, 11) is 1.70. The second-order valence-corrected chi connectivity index (χ2v) is 8.67. The number of rotatable bonds is 8. The van der Waals surface area contributed by atoms with E-state index >= 15 is 0 Å². The number of carbonyl (C=O) groups is 2. The molecule has 0 unspecified atom stereocenters. The first-order chi connectivity index (χ1) is 15.4. The molecule has 0 radical (unpaired) electrons. The maximum Gasteiger partial charge on any atom is 0.407 e. The summed E-state index contributed by atoms with van der Waals surface area (Å²) in [4.78, 5) is 28.0. The van der Waals surface area contributed by atoms with Crippen molar-refractivity contribution in [1.29, 1.82) is 0 Å². The molecule has 4 rings (SSSR count). The Morgan fingerprint density at radius 1 is 1.38 bits per heavy atom. The number of morpholine rings is 1. The molecule has 2 atom stereocenters. The fourth-order valence-electron chi connectivity index (χ4n) is 4.48. The Balaban J connectivity index is 1.58. The van der Waals surface area contributed by atoms with Gasteiger partial charge in [0, 0.05) is 38.2 Å². The number of hydrogen-bond acceptors (Lipinski definition) is 5. The van der Waals surface area contributed by atoms with Gasteiger partial charge in [-0.2, -0.15) is 5.10 Å². The van der Waals surface area contributed by atoms with E-state index in [1.165, 1.54) is 4.90 Å². The lowest BCUT2D eigenvalue weighted by Gasteiger charge is -2.36. The van der Waals surface area contributed by atoms with Crippen LogP contribution in [0.4, 0.5) is 4.79 Å². The summed E-state index contributed by atoms with van der Waals surface area (Å²) in [5.74, 6) is -0.129. The number of hydrogen-bond donors (Lipinski definition) is 1. The van der Waals surface area contributed by atoms with Crippen molar-refractivity contribution in [3.05, 3.63) is 29.5 Å². The molecule has 0 spiro atoms. The van der Waals surface area contributed by atoms with E-state index in [0.717, 1.165) is 48.0 Å². The van der Waals surface area contributed by atoms with Gasteiger partial charge in [0.05, 0.1) is 30.4 Å². The highest BCUT2D eigenvalue weighted by atomic mass is 16.5. The quantitative estimate of drug-likeness (QED) is 0.629. The molecular formula is C23H32N4O5. The maximum absolute atomic E-state index is 13.4. The molecule has 2 amide bonds. The van der Waals surface area contributed by atoms with Gasteiger partial charge in [-0.15, -0.1) is 0 Å². The van der Waals surface area contributed by atoms with E-state index in [4.69, 9.17) is 9.47 Å². The van der Waals surface area contributed by atoms with Crippen LogP contribution in [-0.4, -0.2) is 82.2 Å². The molecule has 1 saturated heterocycles.